The van der Waals surface area contributed by atoms with E-state index in [4.69, 9.17) is 0 Å². The average Bonchev–Trinajstić information content (AvgIpc) is 2.93. The summed E-state index contributed by atoms with van der Waals surface area (Å²) >= 11 is 1.46. The number of hydrogen-bond acceptors (Lipinski definition) is 4. The van der Waals surface area contributed by atoms with Crippen molar-refractivity contribution in [2.45, 2.75) is 31.7 Å². The van der Waals surface area contributed by atoms with Crippen LogP contribution in [-0.2, 0) is 16.6 Å². The largest absolute Gasteiger partial charge is 0.313 e. The monoisotopic (exact) mass is 324 g/mol. The number of rotatable bonds is 7. The molecule has 0 amide bonds. The maximum Gasteiger partial charge on any atom is 0.261 e. The molecule has 0 spiro atoms. The second-order valence-electron chi connectivity index (χ2n) is 4.88. The van der Waals surface area contributed by atoms with E-state index in [-0.39, 0.29) is 0 Å². The van der Waals surface area contributed by atoms with Crippen molar-refractivity contribution in [3.63, 3.8) is 0 Å². The Morgan fingerprint density at radius 2 is 2.05 bits per heavy atom. The molecule has 1 aromatic heterocycles. The molecule has 0 fully saturated rings. The zero-order valence-electron chi connectivity index (χ0n) is 12.2. The van der Waals surface area contributed by atoms with Gasteiger partial charge in [0.2, 0.25) is 0 Å². The zero-order chi connectivity index (χ0) is 15.3. The number of thiophene rings is 1. The third-order valence-corrected chi connectivity index (χ3v) is 5.21. The van der Waals surface area contributed by atoms with Gasteiger partial charge in [-0.1, -0.05) is 13.0 Å². The highest BCUT2D eigenvalue weighted by Crippen LogP contribution is 2.20. The first-order chi connectivity index (χ1) is 10.0. The second kappa shape index (κ2) is 7.06. The fourth-order valence-electron chi connectivity index (χ4n) is 1.94. The number of nitrogens with one attached hydrogen (secondary N) is 2. The Kier molecular flexibility index (Phi) is 5.39. The van der Waals surface area contributed by atoms with Crippen LogP contribution in [0.15, 0.2) is 39.9 Å². The van der Waals surface area contributed by atoms with E-state index in [0.717, 1.165) is 24.1 Å². The van der Waals surface area contributed by atoms with Crippen LogP contribution >= 0.6 is 11.3 Å². The predicted molar refractivity (Wildman–Crippen MR) is 88.3 cm³/mol. The minimum atomic E-state index is -3.52. The number of sulfonamides is 1. The van der Waals surface area contributed by atoms with Gasteiger partial charge in [-0.05, 0) is 54.6 Å². The molecule has 2 aromatic rings. The molecule has 0 atom stereocenters. The van der Waals surface area contributed by atoms with Crippen LogP contribution < -0.4 is 10.0 Å². The van der Waals surface area contributed by atoms with Gasteiger partial charge in [-0.2, -0.15) is 11.3 Å². The van der Waals surface area contributed by atoms with Gasteiger partial charge < -0.3 is 5.32 Å². The fourth-order valence-corrected chi connectivity index (χ4v) is 3.70. The number of aryl methyl sites for hydroxylation is 1. The van der Waals surface area contributed by atoms with Crippen LogP contribution in [0.1, 0.15) is 24.5 Å². The van der Waals surface area contributed by atoms with E-state index in [1.165, 1.54) is 11.3 Å². The number of hydrogen-bond donors (Lipinski definition) is 2. The van der Waals surface area contributed by atoms with Crippen LogP contribution in [-0.4, -0.2) is 15.0 Å². The molecule has 2 rings (SSSR count). The van der Waals surface area contributed by atoms with Gasteiger partial charge in [0.15, 0.2) is 0 Å². The second-order valence-corrected chi connectivity index (χ2v) is 7.35. The molecule has 1 heterocycles. The lowest BCUT2D eigenvalue weighted by Gasteiger charge is -2.11. The summed E-state index contributed by atoms with van der Waals surface area (Å²) in [5.41, 5.74) is 2.70. The van der Waals surface area contributed by atoms with Gasteiger partial charge in [-0.25, -0.2) is 8.42 Å². The van der Waals surface area contributed by atoms with Crippen molar-refractivity contribution in [1.82, 2.24) is 5.32 Å². The summed E-state index contributed by atoms with van der Waals surface area (Å²) in [6, 6.07) is 6.99. The SMILES string of the molecule is CCCNCc1cc(S(=O)(=O)Nc2ccsc2)ccc1C. The molecule has 2 N–H and O–H groups in total. The minimum absolute atomic E-state index is 0.299. The Labute approximate surface area is 130 Å². The standard InChI is InChI=1S/C15H20N2O2S2/c1-3-7-16-10-13-9-15(5-4-12(13)2)21(18,19)17-14-6-8-20-11-14/h4-6,8-9,11,16-17H,3,7,10H2,1-2H3. The smallest absolute Gasteiger partial charge is 0.261 e. The van der Waals surface area contributed by atoms with Gasteiger partial charge in [0, 0.05) is 11.9 Å². The molecule has 0 saturated carbocycles. The molecule has 1 aromatic carbocycles. The highest BCUT2D eigenvalue weighted by Gasteiger charge is 2.15. The van der Waals surface area contributed by atoms with Crippen molar-refractivity contribution < 1.29 is 8.42 Å². The quantitative estimate of drug-likeness (QED) is 0.768. The van der Waals surface area contributed by atoms with Crippen molar-refractivity contribution in [3.8, 4) is 0 Å². The Morgan fingerprint density at radius 3 is 2.71 bits per heavy atom. The highest BCUT2D eigenvalue weighted by molar-refractivity contribution is 7.92. The van der Waals surface area contributed by atoms with Gasteiger partial charge in [0.1, 0.15) is 0 Å². The summed E-state index contributed by atoms with van der Waals surface area (Å²) in [5, 5.41) is 6.92. The van der Waals surface area contributed by atoms with Gasteiger partial charge in [0.25, 0.3) is 10.0 Å². The van der Waals surface area contributed by atoms with E-state index in [2.05, 4.69) is 17.0 Å². The Balaban J connectivity index is 2.20. The summed E-state index contributed by atoms with van der Waals surface area (Å²) in [5.74, 6) is 0. The van der Waals surface area contributed by atoms with Gasteiger partial charge in [-0.15, -0.1) is 0 Å². The summed E-state index contributed by atoms with van der Waals surface area (Å²) in [6.45, 7) is 5.70. The summed E-state index contributed by atoms with van der Waals surface area (Å²) in [6.07, 6.45) is 1.05. The first-order valence-electron chi connectivity index (χ1n) is 6.88. The molecular formula is C15H20N2O2S2. The fraction of sp³-hybridized carbons (Fsp3) is 0.333. The van der Waals surface area contributed by atoms with Crippen LogP contribution in [0.2, 0.25) is 0 Å². The lowest BCUT2D eigenvalue weighted by atomic mass is 10.1. The van der Waals surface area contributed by atoms with Crippen molar-refractivity contribution in [3.05, 3.63) is 46.2 Å². The molecule has 0 aliphatic rings. The Hall–Kier alpha value is -1.37. The van der Waals surface area contributed by atoms with Crippen LogP contribution in [0.3, 0.4) is 0 Å². The van der Waals surface area contributed by atoms with E-state index in [9.17, 15) is 8.42 Å². The van der Waals surface area contributed by atoms with E-state index < -0.39 is 10.0 Å². The van der Waals surface area contributed by atoms with E-state index >= 15 is 0 Å². The van der Waals surface area contributed by atoms with Crippen LogP contribution in [0.4, 0.5) is 5.69 Å². The van der Waals surface area contributed by atoms with Crippen LogP contribution in [0.25, 0.3) is 0 Å². The van der Waals surface area contributed by atoms with Gasteiger partial charge in [-0.3, -0.25) is 4.72 Å². The van der Waals surface area contributed by atoms with Gasteiger partial charge in [0.05, 0.1) is 10.6 Å². The molecular weight excluding hydrogens is 304 g/mol. The van der Waals surface area contributed by atoms with Crippen molar-refractivity contribution in [2.75, 3.05) is 11.3 Å². The lowest BCUT2D eigenvalue weighted by molar-refractivity contribution is 0.600. The molecule has 0 bridgehead atoms. The van der Waals surface area contributed by atoms with Crippen molar-refractivity contribution in [2.24, 2.45) is 0 Å². The maximum absolute atomic E-state index is 12.4. The lowest BCUT2D eigenvalue weighted by Crippen LogP contribution is -2.16. The first-order valence-corrected chi connectivity index (χ1v) is 9.31. The molecule has 0 aliphatic carbocycles. The zero-order valence-corrected chi connectivity index (χ0v) is 13.9. The maximum atomic E-state index is 12.4. The molecule has 0 saturated heterocycles. The first kappa shape index (κ1) is 16.0. The topological polar surface area (TPSA) is 58.2 Å². The summed E-state index contributed by atoms with van der Waals surface area (Å²) in [4.78, 5) is 0.299. The minimum Gasteiger partial charge on any atom is -0.313 e. The normalized spacial score (nSPS) is 11.5. The van der Waals surface area contributed by atoms with Gasteiger partial charge >= 0.3 is 0 Å². The molecule has 0 unspecified atom stereocenters. The molecule has 21 heavy (non-hydrogen) atoms. The molecule has 4 nitrogen and oxygen atoms in total. The summed E-state index contributed by atoms with van der Waals surface area (Å²) in [7, 11) is -3.52. The Bertz CT molecular complexity index is 680. The van der Waals surface area contributed by atoms with Crippen LogP contribution in [0, 0.1) is 6.92 Å². The third kappa shape index (κ3) is 4.30. The average molecular weight is 324 g/mol. The predicted octanol–water partition coefficient (Wildman–Crippen LogP) is 3.36. The molecule has 114 valence electrons. The number of benzene rings is 1. The van der Waals surface area contributed by atoms with E-state index in [1.54, 1.807) is 23.6 Å². The van der Waals surface area contributed by atoms with Crippen molar-refractivity contribution >= 4 is 27.0 Å². The van der Waals surface area contributed by atoms with Crippen molar-refractivity contribution in [1.29, 1.82) is 0 Å². The van der Waals surface area contributed by atoms with E-state index in [0.29, 0.717) is 17.1 Å². The van der Waals surface area contributed by atoms with Crippen LogP contribution in [0.5, 0.6) is 0 Å². The Morgan fingerprint density at radius 1 is 1.24 bits per heavy atom. The number of anilines is 1. The molecule has 0 radical (unpaired) electrons. The van der Waals surface area contributed by atoms with E-state index in [1.807, 2.05) is 18.4 Å². The summed E-state index contributed by atoms with van der Waals surface area (Å²) < 4.78 is 27.3. The molecule has 0 aliphatic heterocycles. The molecule has 6 heteroatoms. The third-order valence-electron chi connectivity index (χ3n) is 3.15. The highest BCUT2D eigenvalue weighted by atomic mass is 32.2.